The van der Waals surface area contributed by atoms with Crippen molar-refractivity contribution in [3.8, 4) is 0 Å². The second-order valence-electron chi connectivity index (χ2n) is 5.02. The predicted molar refractivity (Wildman–Crippen MR) is 79.3 cm³/mol. The quantitative estimate of drug-likeness (QED) is 0.721. The standard InChI is InChI=1S/C14H24N2O2S/c1-4-12(13-6-5-7-19-13)16-14(18)15-9-10(2)8-11(3)17/h5-7,10-12,17H,4,8-9H2,1-3H3,(H2,15,16,18). The van der Waals surface area contributed by atoms with Gasteiger partial charge in [0.1, 0.15) is 0 Å². The molecule has 0 spiro atoms. The highest BCUT2D eigenvalue weighted by Crippen LogP contribution is 2.21. The van der Waals surface area contributed by atoms with Crippen molar-refractivity contribution in [2.45, 2.75) is 45.8 Å². The van der Waals surface area contributed by atoms with Gasteiger partial charge in [-0.1, -0.05) is 19.9 Å². The number of amides is 2. The number of urea groups is 1. The number of aliphatic hydroxyl groups is 1. The van der Waals surface area contributed by atoms with E-state index in [1.165, 1.54) is 4.88 Å². The molecule has 5 heteroatoms. The van der Waals surface area contributed by atoms with E-state index in [2.05, 4.69) is 17.6 Å². The first-order valence-electron chi connectivity index (χ1n) is 6.78. The molecule has 1 rings (SSSR count). The van der Waals surface area contributed by atoms with E-state index in [0.717, 1.165) is 6.42 Å². The lowest BCUT2D eigenvalue weighted by Crippen LogP contribution is -2.39. The SMILES string of the molecule is CCC(NC(=O)NCC(C)CC(C)O)c1cccs1. The van der Waals surface area contributed by atoms with Gasteiger partial charge < -0.3 is 15.7 Å². The Kier molecular flexibility index (Phi) is 6.87. The van der Waals surface area contributed by atoms with Crippen molar-refractivity contribution in [3.05, 3.63) is 22.4 Å². The van der Waals surface area contributed by atoms with Gasteiger partial charge in [-0.25, -0.2) is 4.79 Å². The van der Waals surface area contributed by atoms with Gasteiger partial charge in [-0.3, -0.25) is 0 Å². The van der Waals surface area contributed by atoms with Crippen molar-refractivity contribution in [3.63, 3.8) is 0 Å². The smallest absolute Gasteiger partial charge is 0.315 e. The molecule has 19 heavy (non-hydrogen) atoms. The highest BCUT2D eigenvalue weighted by Gasteiger charge is 2.14. The van der Waals surface area contributed by atoms with Crippen LogP contribution >= 0.6 is 11.3 Å². The summed E-state index contributed by atoms with van der Waals surface area (Å²) >= 11 is 1.65. The average molecular weight is 284 g/mol. The molecule has 0 aliphatic heterocycles. The van der Waals surface area contributed by atoms with Crippen LogP contribution in [-0.4, -0.2) is 23.8 Å². The number of thiophene rings is 1. The van der Waals surface area contributed by atoms with Crippen molar-refractivity contribution in [1.29, 1.82) is 0 Å². The monoisotopic (exact) mass is 284 g/mol. The maximum atomic E-state index is 11.8. The summed E-state index contributed by atoms with van der Waals surface area (Å²) in [6, 6.07) is 3.96. The van der Waals surface area contributed by atoms with Crippen LogP contribution in [0.15, 0.2) is 17.5 Å². The van der Waals surface area contributed by atoms with Gasteiger partial charge in [0.2, 0.25) is 0 Å². The van der Waals surface area contributed by atoms with Crippen molar-refractivity contribution < 1.29 is 9.90 Å². The molecule has 0 aliphatic carbocycles. The number of nitrogens with one attached hydrogen (secondary N) is 2. The van der Waals surface area contributed by atoms with Gasteiger partial charge >= 0.3 is 6.03 Å². The number of carbonyl (C=O) groups is 1. The van der Waals surface area contributed by atoms with E-state index < -0.39 is 0 Å². The van der Waals surface area contributed by atoms with Gasteiger partial charge in [-0.15, -0.1) is 11.3 Å². The molecular formula is C14H24N2O2S. The van der Waals surface area contributed by atoms with Gasteiger partial charge in [0.05, 0.1) is 12.1 Å². The molecule has 3 atom stereocenters. The van der Waals surface area contributed by atoms with Crippen LogP contribution < -0.4 is 10.6 Å². The Balaban J connectivity index is 2.34. The molecule has 0 saturated carbocycles. The fourth-order valence-corrected chi connectivity index (χ4v) is 2.87. The number of carbonyl (C=O) groups excluding carboxylic acids is 1. The van der Waals surface area contributed by atoms with E-state index in [4.69, 9.17) is 0 Å². The summed E-state index contributed by atoms with van der Waals surface area (Å²) in [5, 5.41) is 17.1. The number of aliphatic hydroxyl groups excluding tert-OH is 1. The molecule has 3 unspecified atom stereocenters. The Morgan fingerprint density at radius 3 is 2.74 bits per heavy atom. The number of hydrogen-bond donors (Lipinski definition) is 3. The van der Waals surface area contributed by atoms with Crippen LogP contribution in [0.1, 0.15) is 44.5 Å². The number of rotatable bonds is 7. The summed E-state index contributed by atoms with van der Waals surface area (Å²) in [5.74, 6) is 0.271. The molecule has 4 nitrogen and oxygen atoms in total. The first-order valence-corrected chi connectivity index (χ1v) is 7.66. The Morgan fingerprint density at radius 2 is 2.21 bits per heavy atom. The fourth-order valence-electron chi connectivity index (χ4n) is 2.01. The third kappa shape index (κ3) is 6.07. The van der Waals surface area contributed by atoms with Crippen LogP contribution in [0.5, 0.6) is 0 Å². The minimum Gasteiger partial charge on any atom is -0.393 e. The lowest BCUT2D eigenvalue weighted by Gasteiger charge is -2.18. The summed E-state index contributed by atoms with van der Waals surface area (Å²) < 4.78 is 0. The summed E-state index contributed by atoms with van der Waals surface area (Å²) in [6.45, 7) is 6.42. The Morgan fingerprint density at radius 1 is 1.47 bits per heavy atom. The van der Waals surface area contributed by atoms with Crippen molar-refractivity contribution in [2.75, 3.05) is 6.54 Å². The third-order valence-electron chi connectivity index (χ3n) is 2.95. The maximum Gasteiger partial charge on any atom is 0.315 e. The van der Waals surface area contributed by atoms with E-state index in [9.17, 15) is 9.90 Å². The minimum atomic E-state index is -0.325. The summed E-state index contributed by atoms with van der Waals surface area (Å²) in [6.07, 6.45) is 1.24. The van der Waals surface area contributed by atoms with Gasteiger partial charge in [0.25, 0.3) is 0 Å². The van der Waals surface area contributed by atoms with Crippen LogP contribution in [0.4, 0.5) is 4.79 Å². The van der Waals surface area contributed by atoms with E-state index in [1.807, 2.05) is 24.4 Å². The first kappa shape index (κ1) is 16.0. The lowest BCUT2D eigenvalue weighted by molar-refractivity contribution is 0.163. The van der Waals surface area contributed by atoms with E-state index in [0.29, 0.717) is 13.0 Å². The normalized spacial score (nSPS) is 15.6. The molecule has 0 aliphatic rings. The lowest BCUT2D eigenvalue weighted by atomic mass is 10.1. The Hall–Kier alpha value is -1.07. The van der Waals surface area contributed by atoms with Crippen LogP contribution in [0, 0.1) is 5.92 Å². The average Bonchev–Trinajstić information content (AvgIpc) is 2.86. The van der Waals surface area contributed by atoms with E-state index >= 15 is 0 Å². The van der Waals surface area contributed by atoms with Gasteiger partial charge in [0.15, 0.2) is 0 Å². The largest absolute Gasteiger partial charge is 0.393 e. The molecule has 108 valence electrons. The van der Waals surface area contributed by atoms with E-state index in [1.54, 1.807) is 18.3 Å². The van der Waals surface area contributed by atoms with Crippen molar-refractivity contribution >= 4 is 17.4 Å². The van der Waals surface area contributed by atoms with Crippen LogP contribution in [0.25, 0.3) is 0 Å². The van der Waals surface area contributed by atoms with Gasteiger partial charge in [0, 0.05) is 11.4 Å². The van der Waals surface area contributed by atoms with Gasteiger partial charge in [-0.2, -0.15) is 0 Å². The molecular weight excluding hydrogens is 260 g/mol. The molecule has 0 radical (unpaired) electrons. The zero-order valence-electron chi connectivity index (χ0n) is 11.8. The first-order chi connectivity index (χ1) is 9.02. The highest BCUT2D eigenvalue weighted by molar-refractivity contribution is 7.10. The zero-order valence-corrected chi connectivity index (χ0v) is 12.7. The maximum absolute atomic E-state index is 11.8. The van der Waals surface area contributed by atoms with E-state index in [-0.39, 0.29) is 24.1 Å². The molecule has 0 fully saturated rings. The topological polar surface area (TPSA) is 61.4 Å². The van der Waals surface area contributed by atoms with Gasteiger partial charge in [-0.05, 0) is 37.1 Å². The molecule has 1 aromatic heterocycles. The zero-order chi connectivity index (χ0) is 14.3. The van der Waals surface area contributed by atoms with Crippen molar-refractivity contribution in [1.82, 2.24) is 10.6 Å². The molecule has 1 aromatic rings. The molecule has 3 N–H and O–H groups in total. The summed E-state index contributed by atoms with van der Waals surface area (Å²) in [5.41, 5.74) is 0. The van der Waals surface area contributed by atoms with Crippen LogP contribution in [0.2, 0.25) is 0 Å². The van der Waals surface area contributed by atoms with Crippen LogP contribution in [-0.2, 0) is 0 Å². The molecule has 1 heterocycles. The predicted octanol–water partition coefficient (Wildman–Crippen LogP) is 2.91. The molecule has 2 amide bonds. The highest BCUT2D eigenvalue weighted by atomic mass is 32.1. The Labute approximate surface area is 119 Å². The molecule has 0 saturated heterocycles. The second-order valence-corrected chi connectivity index (χ2v) is 6.00. The van der Waals surface area contributed by atoms with Crippen molar-refractivity contribution in [2.24, 2.45) is 5.92 Å². The minimum absolute atomic E-state index is 0.0760. The number of hydrogen-bond acceptors (Lipinski definition) is 3. The summed E-state index contributed by atoms with van der Waals surface area (Å²) in [7, 11) is 0. The fraction of sp³-hybridized carbons (Fsp3) is 0.643. The third-order valence-corrected chi connectivity index (χ3v) is 3.94. The second kappa shape index (κ2) is 8.17. The summed E-state index contributed by atoms with van der Waals surface area (Å²) in [4.78, 5) is 13.0. The van der Waals surface area contributed by atoms with Crippen LogP contribution in [0.3, 0.4) is 0 Å². The Bertz CT molecular complexity index is 366. The molecule has 0 bridgehead atoms. The molecule has 0 aromatic carbocycles.